The van der Waals surface area contributed by atoms with Crippen molar-refractivity contribution in [3.63, 3.8) is 0 Å². The molecule has 1 aromatic rings. The molecule has 1 saturated carbocycles. The van der Waals surface area contributed by atoms with Crippen LogP contribution in [0.15, 0.2) is 18.2 Å². The molecule has 1 N–H and O–H groups in total. The van der Waals surface area contributed by atoms with Crippen LogP contribution in [0.3, 0.4) is 0 Å². The standard InChI is InChI=1S/C16H25N/c1-12-9-10-15(11-13(12)2)14(3)17-16-7-5-4-6-8-16/h9-11,14,16-17H,4-8H2,1-3H3. The maximum Gasteiger partial charge on any atom is 0.0294 e. The van der Waals surface area contributed by atoms with Gasteiger partial charge in [0.25, 0.3) is 0 Å². The molecule has 17 heavy (non-hydrogen) atoms. The molecule has 0 spiro atoms. The van der Waals surface area contributed by atoms with E-state index in [1.165, 1.54) is 48.8 Å². The van der Waals surface area contributed by atoms with E-state index >= 15 is 0 Å². The second-order valence-electron chi connectivity index (χ2n) is 5.57. The quantitative estimate of drug-likeness (QED) is 0.818. The molecule has 1 fully saturated rings. The van der Waals surface area contributed by atoms with Gasteiger partial charge in [-0.25, -0.2) is 0 Å². The van der Waals surface area contributed by atoms with Gasteiger partial charge in [-0.3, -0.25) is 0 Å². The molecule has 1 aliphatic rings. The molecule has 0 aromatic heterocycles. The van der Waals surface area contributed by atoms with E-state index in [9.17, 15) is 0 Å². The molecule has 1 aliphatic carbocycles. The maximum absolute atomic E-state index is 3.78. The van der Waals surface area contributed by atoms with Gasteiger partial charge in [-0.05, 0) is 50.3 Å². The summed E-state index contributed by atoms with van der Waals surface area (Å²) >= 11 is 0. The highest BCUT2D eigenvalue weighted by molar-refractivity contribution is 5.31. The van der Waals surface area contributed by atoms with E-state index in [4.69, 9.17) is 0 Å². The molecule has 94 valence electrons. The molecule has 0 bridgehead atoms. The van der Waals surface area contributed by atoms with Crippen molar-refractivity contribution in [2.75, 3.05) is 0 Å². The summed E-state index contributed by atoms with van der Waals surface area (Å²) in [5, 5.41) is 3.78. The minimum atomic E-state index is 0.484. The fourth-order valence-electron chi connectivity index (χ4n) is 2.75. The van der Waals surface area contributed by atoms with Crippen molar-refractivity contribution < 1.29 is 0 Å². The fourth-order valence-corrected chi connectivity index (χ4v) is 2.75. The average molecular weight is 231 g/mol. The second kappa shape index (κ2) is 5.68. The molecule has 1 atom stereocenters. The van der Waals surface area contributed by atoms with Crippen molar-refractivity contribution in [2.24, 2.45) is 0 Å². The lowest BCUT2D eigenvalue weighted by molar-refractivity contribution is 0.347. The first-order valence-corrected chi connectivity index (χ1v) is 7.00. The predicted molar refractivity (Wildman–Crippen MR) is 74.3 cm³/mol. The van der Waals surface area contributed by atoms with E-state index in [0.717, 1.165) is 6.04 Å². The average Bonchev–Trinajstić information content (AvgIpc) is 2.34. The molecule has 1 aromatic carbocycles. The lowest BCUT2D eigenvalue weighted by Gasteiger charge is -2.27. The normalized spacial score (nSPS) is 19.2. The van der Waals surface area contributed by atoms with Gasteiger partial charge in [0.05, 0.1) is 0 Å². The summed E-state index contributed by atoms with van der Waals surface area (Å²) in [6.45, 7) is 6.67. The van der Waals surface area contributed by atoms with Gasteiger partial charge < -0.3 is 5.32 Å². The molecule has 1 nitrogen and oxygen atoms in total. The molecular formula is C16H25N. The van der Waals surface area contributed by atoms with Crippen LogP contribution in [0.5, 0.6) is 0 Å². The van der Waals surface area contributed by atoms with Gasteiger partial charge in [-0.2, -0.15) is 0 Å². The zero-order valence-corrected chi connectivity index (χ0v) is 11.4. The lowest BCUT2D eigenvalue weighted by atomic mass is 9.94. The molecule has 0 saturated heterocycles. The van der Waals surface area contributed by atoms with E-state index in [-0.39, 0.29) is 0 Å². The van der Waals surface area contributed by atoms with Crippen LogP contribution in [0, 0.1) is 13.8 Å². The zero-order valence-electron chi connectivity index (χ0n) is 11.4. The number of rotatable bonds is 3. The Balaban J connectivity index is 1.98. The summed E-state index contributed by atoms with van der Waals surface area (Å²) in [6.07, 6.45) is 6.94. The fraction of sp³-hybridized carbons (Fsp3) is 0.625. The molecular weight excluding hydrogens is 206 g/mol. The number of aryl methyl sites for hydroxylation is 2. The minimum Gasteiger partial charge on any atom is -0.307 e. The van der Waals surface area contributed by atoms with Crippen molar-refractivity contribution in [3.05, 3.63) is 34.9 Å². The van der Waals surface area contributed by atoms with Crippen LogP contribution in [-0.4, -0.2) is 6.04 Å². The van der Waals surface area contributed by atoms with Gasteiger partial charge in [0, 0.05) is 12.1 Å². The summed E-state index contributed by atoms with van der Waals surface area (Å²) in [7, 11) is 0. The molecule has 2 rings (SSSR count). The molecule has 0 aliphatic heterocycles. The lowest BCUT2D eigenvalue weighted by Crippen LogP contribution is -2.33. The van der Waals surface area contributed by atoms with Crippen LogP contribution in [0.4, 0.5) is 0 Å². The van der Waals surface area contributed by atoms with Gasteiger partial charge in [-0.1, -0.05) is 37.5 Å². The Morgan fingerprint density at radius 2 is 1.76 bits per heavy atom. The third-order valence-electron chi connectivity index (χ3n) is 4.12. The molecule has 0 radical (unpaired) electrons. The topological polar surface area (TPSA) is 12.0 Å². The van der Waals surface area contributed by atoms with Gasteiger partial charge in [0.15, 0.2) is 0 Å². The second-order valence-corrected chi connectivity index (χ2v) is 5.57. The van der Waals surface area contributed by atoms with Crippen molar-refractivity contribution >= 4 is 0 Å². The summed E-state index contributed by atoms with van der Waals surface area (Å²) in [5.74, 6) is 0. The number of hydrogen-bond acceptors (Lipinski definition) is 1. The van der Waals surface area contributed by atoms with E-state index in [1.54, 1.807) is 0 Å². The van der Waals surface area contributed by atoms with Crippen molar-refractivity contribution in [1.82, 2.24) is 5.32 Å². The number of nitrogens with one attached hydrogen (secondary N) is 1. The smallest absolute Gasteiger partial charge is 0.0294 e. The third-order valence-corrected chi connectivity index (χ3v) is 4.12. The monoisotopic (exact) mass is 231 g/mol. The van der Waals surface area contributed by atoms with Gasteiger partial charge in [0.2, 0.25) is 0 Å². The maximum atomic E-state index is 3.78. The highest BCUT2D eigenvalue weighted by atomic mass is 14.9. The Kier molecular flexibility index (Phi) is 4.22. The van der Waals surface area contributed by atoms with Crippen molar-refractivity contribution in [2.45, 2.75) is 65.0 Å². The number of benzene rings is 1. The van der Waals surface area contributed by atoms with Crippen molar-refractivity contribution in [1.29, 1.82) is 0 Å². The Bertz CT molecular complexity index is 364. The van der Waals surface area contributed by atoms with Crippen LogP contribution in [0.25, 0.3) is 0 Å². The minimum absolute atomic E-state index is 0.484. The third kappa shape index (κ3) is 3.32. The molecule has 1 unspecified atom stereocenters. The molecule has 0 amide bonds. The largest absolute Gasteiger partial charge is 0.307 e. The van der Waals surface area contributed by atoms with E-state index < -0.39 is 0 Å². The first kappa shape index (κ1) is 12.6. The van der Waals surface area contributed by atoms with Gasteiger partial charge in [-0.15, -0.1) is 0 Å². The van der Waals surface area contributed by atoms with E-state index in [2.05, 4.69) is 44.3 Å². The van der Waals surface area contributed by atoms with Crippen LogP contribution in [0.1, 0.15) is 61.8 Å². The highest BCUT2D eigenvalue weighted by Crippen LogP contribution is 2.22. The van der Waals surface area contributed by atoms with Crippen LogP contribution in [0.2, 0.25) is 0 Å². The molecule has 0 heterocycles. The van der Waals surface area contributed by atoms with E-state index in [1.807, 2.05) is 0 Å². The van der Waals surface area contributed by atoms with Gasteiger partial charge in [0.1, 0.15) is 0 Å². The Morgan fingerprint density at radius 1 is 1.06 bits per heavy atom. The van der Waals surface area contributed by atoms with Crippen LogP contribution >= 0.6 is 0 Å². The predicted octanol–water partition coefficient (Wildman–Crippen LogP) is 4.29. The van der Waals surface area contributed by atoms with Crippen molar-refractivity contribution in [3.8, 4) is 0 Å². The van der Waals surface area contributed by atoms with E-state index in [0.29, 0.717) is 6.04 Å². The molecule has 1 heteroatoms. The summed E-state index contributed by atoms with van der Waals surface area (Å²) in [6, 6.07) is 8.06. The summed E-state index contributed by atoms with van der Waals surface area (Å²) in [4.78, 5) is 0. The zero-order chi connectivity index (χ0) is 12.3. The first-order chi connectivity index (χ1) is 8.16. The van der Waals surface area contributed by atoms with Gasteiger partial charge >= 0.3 is 0 Å². The first-order valence-electron chi connectivity index (χ1n) is 7.00. The Hall–Kier alpha value is -0.820. The summed E-state index contributed by atoms with van der Waals surface area (Å²) in [5.41, 5.74) is 4.22. The highest BCUT2D eigenvalue weighted by Gasteiger charge is 2.16. The number of hydrogen-bond donors (Lipinski definition) is 1. The van der Waals surface area contributed by atoms with Crippen LogP contribution < -0.4 is 5.32 Å². The summed E-state index contributed by atoms with van der Waals surface area (Å²) < 4.78 is 0. The Morgan fingerprint density at radius 3 is 2.41 bits per heavy atom. The van der Waals surface area contributed by atoms with Crippen LogP contribution in [-0.2, 0) is 0 Å². The SMILES string of the molecule is Cc1ccc(C(C)NC2CCCCC2)cc1C. The Labute approximate surface area is 106 Å².